The van der Waals surface area contributed by atoms with Crippen LogP contribution in [-0.2, 0) is 8.85 Å². The number of allylic oxidation sites excluding steroid dienone is 1. The van der Waals surface area contributed by atoms with E-state index < -0.39 is 16.6 Å². The molecule has 0 fully saturated rings. The number of rotatable bonds is 5. The molecule has 0 amide bonds. The molecule has 0 aliphatic heterocycles. The Morgan fingerprint density at radius 2 is 1.47 bits per heavy atom. The molecule has 1 aromatic rings. The molecule has 2 aliphatic carbocycles. The van der Waals surface area contributed by atoms with E-state index in [-0.39, 0.29) is 21.6 Å². The van der Waals surface area contributed by atoms with Crippen LogP contribution in [0.1, 0.15) is 77.5 Å². The van der Waals surface area contributed by atoms with Crippen molar-refractivity contribution in [3.8, 4) is 0 Å². The Kier molecular flexibility index (Phi) is 6.17. The highest BCUT2D eigenvalue weighted by molar-refractivity contribution is 6.74. The van der Waals surface area contributed by atoms with Crippen molar-refractivity contribution in [2.45, 2.75) is 103 Å². The van der Waals surface area contributed by atoms with Gasteiger partial charge in [0.1, 0.15) is 0 Å². The third kappa shape index (κ3) is 4.05. The van der Waals surface area contributed by atoms with Gasteiger partial charge in [-0.3, -0.25) is 0 Å². The van der Waals surface area contributed by atoms with E-state index >= 15 is 0 Å². The number of hydrogen-bond acceptors (Lipinski definition) is 2. The van der Waals surface area contributed by atoms with Crippen molar-refractivity contribution in [1.29, 1.82) is 0 Å². The summed E-state index contributed by atoms with van der Waals surface area (Å²) in [7, 11) is -3.81. The Balaban J connectivity index is 2.06. The summed E-state index contributed by atoms with van der Waals surface area (Å²) in [6.45, 7) is 24.3. The van der Waals surface area contributed by atoms with Crippen LogP contribution >= 0.6 is 0 Å². The first-order valence-corrected chi connectivity index (χ1v) is 17.5. The van der Waals surface area contributed by atoms with Crippen LogP contribution in [0.4, 0.5) is 0 Å². The second kappa shape index (κ2) is 7.72. The van der Waals surface area contributed by atoms with Crippen LogP contribution in [0.3, 0.4) is 0 Å². The van der Waals surface area contributed by atoms with Gasteiger partial charge in [0.15, 0.2) is 16.6 Å². The van der Waals surface area contributed by atoms with Crippen LogP contribution < -0.4 is 0 Å². The predicted molar refractivity (Wildman–Crippen MR) is 134 cm³/mol. The number of fused-ring (bicyclic) bond motifs is 3. The SMILES string of the molecule is CC(C)(C)[Si](C)(C)OC[C@@]12C=CCC[C@@H]1c1ccccc1[C@H]2O[Si](C)(C)C(C)(C)C. The summed E-state index contributed by atoms with van der Waals surface area (Å²) in [4.78, 5) is 0. The first-order valence-electron chi connectivity index (χ1n) is 11.7. The zero-order valence-electron chi connectivity index (χ0n) is 21.1. The minimum atomic E-state index is -1.95. The summed E-state index contributed by atoms with van der Waals surface area (Å²) in [5, 5.41) is 0.388. The molecular weight excluding hydrogens is 400 g/mol. The van der Waals surface area contributed by atoms with E-state index in [1.54, 1.807) is 0 Å². The van der Waals surface area contributed by atoms with Gasteiger partial charge in [-0.2, -0.15) is 0 Å². The molecule has 168 valence electrons. The van der Waals surface area contributed by atoms with Crippen molar-refractivity contribution in [3.63, 3.8) is 0 Å². The Hall–Kier alpha value is -0.686. The van der Waals surface area contributed by atoms with Crippen LogP contribution in [0.15, 0.2) is 36.4 Å². The predicted octanol–water partition coefficient (Wildman–Crippen LogP) is 8.20. The van der Waals surface area contributed by atoms with Gasteiger partial charge < -0.3 is 8.85 Å². The van der Waals surface area contributed by atoms with Crippen LogP contribution in [0.2, 0.25) is 36.3 Å². The molecule has 0 unspecified atom stereocenters. The van der Waals surface area contributed by atoms with Gasteiger partial charge >= 0.3 is 0 Å². The van der Waals surface area contributed by atoms with E-state index in [9.17, 15) is 0 Å². The lowest BCUT2D eigenvalue weighted by molar-refractivity contribution is 0.0192. The molecule has 1 aromatic carbocycles. The number of benzene rings is 1. The summed E-state index contributed by atoms with van der Waals surface area (Å²) in [6.07, 6.45) is 7.28. The maximum absolute atomic E-state index is 7.24. The van der Waals surface area contributed by atoms with Gasteiger partial charge in [-0.05, 0) is 66.2 Å². The molecular formula is C26H44O2Si2. The van der Waals surface area contributed by atoms with Crippen molar-refractivity contribution in [1.82, 2.24) is 0 Å². The zero-order valence-corrected chi connectivity index (χ0v) is 23.1. The molecule has 0 radical (unpaired) electrons. The fraction of sp³-hybridized carbons (Fsp3) is 0.692. The molecule has 0 aromatic heterocycles. The van der Waals surface area contributed by atoms with Crippen molar-refractivity contribution >= 4 is 16.6 Å². The van der Waals surface area contributed by atoms with E-state index in [1.807, 2.05) is 0 Å². The van der Waals surface area contributed by atoms with Gasteiger partial charge in [0, 0.05) is 12.0 Å². The van der Waals surface area contributed by atoms with Gasteiger partial charge in [-0.1, -0.05) is 78.0 Å². The van der Waals surface area contributed by atoms with Gasteiger partial charge in [-0.25, -0.2) is 0 Å². The fourth-order valence-corrected chi connectivity index (χ4v) is 6.75. The quantitative estimate of drug-likeness (QED) is 0.336. The normalized spacial score (nSPS) is 27.1. The molecule has 2 nitrogen and oxygen atoms in total. The molecule has 0 bridgehead atoms. The largest absolute Gasteiger partial charge is 0.416 e. The summed E-state index contributed by atoms with van der Waals surface area (Å²) < 4.78 is 14.2. The van der Waals surface area contributed by atoms with E-state index in [1.165, 1.54) is 17.5 Å². The van der Waals surface area contributed by atoms with E-state index in [2.05, 4.69) is 104 Å². The number of hydrogen-bond donors (Lipinski definition) is 0. The van der Waals surface area contributed by atoms with Crippen molar-refractivity contribution in [2.75, 3.05) is 6.61 Å². The Morgan fingerprint density at radius 3 is 2.03 bits per heavy atom. The molecule has 3 atom stereocenters. The van der Waals surface area contributed by atoms with Gasteiger partial charge in [0.05, 0.1) is 6.10 Å². The van der Waals surface area contributed by atoms with Gasteiger partial charge in [0.25, 0.3) is 0 Å². The lowest BCUT2D eigenvalue weighted by atomic mass is 9.70. The Bertz CT molecular complexity index is 798. The minimum Gasteiger partial charge on any atom is -0.416 e. The van der Waals surface area contributed by atoms with E-state index in [0.717, 1.165) is 13.0 Å². The molecule has 0 spiro atoms. The van der Waals surface area contributed by atoms with Crippen molar-refractivity contribution < 1.29 is 8.85 Å². The Morgan fingerprint density at radius 1 is 0.900 bits per heavy atom. The van der Waals surface area contributed by atoms with Crippen LogP contribution in [0.25, 0.3) is 0 Å². The van der Waals surface area contributed by atoms with E-state index in [0.29, 0.717) is 5.92 Å². The highest BCUT2D eigenvalue weighted by Crippen LogP contribution is 2.62. The Labute approximate surface area is 187 Å². The first-order chi connectivity index (χ1) is 13.6. The molecule has 0 saturated carbocycles. The minimum absolute atomic E-state index is 0.0842. The summed E-state index contributed by atoms with van der Waals surface area (Å²) in [5.41, 5.74) is 2.80. The average molecular weight is 445 g/mol. The highest BCUT2D eigenvalue weighted by atomic mass is 28.4. The van der Waals surface area contributed by atoms with Gasteiger partial charge in [-0.15, -0.1) is 0 Å². The molecule has 30 heavy (non-hydrogen) atoms. The first kappa shape index (κ1) is 24.0. The van der Waals surface area contributed by atoms with Crippen LogP contribution in [0.5, 0.6) is 0 Å². The maximum Gasteiger partial charge on any atom is 0.192 e. The monoisotopic (exact) mass is 444 g/mol. The lowest BCUT2D eigenvalue weighted by Crippen LogP contribution is -2.49. The summed E-state index contributed by atoms with van der Waals surface area (Å²) >= 11 is 0. The fourth-order valence-electron chi connectivity index (χ4n) is 4.41. The lowest BCUT2D eigenvalue weighted by Gasteiger charge is -2.48. The molecule has 2 aliphatic rings. The average Bonchev–Trinajstić information content (AvgIpc) is 2.89. The van der Waals surface area contributed by atoms with Gasteiger partial charge in [0.2, 0.25) is 0 Å². The third-order valence-corrected chi connectivity index (χ3v) is 17.5. The molecule has 4 heteroatoms. The zero-order chi connectivity index (χ0) is 22.6. The topological polar surface area (TPSA) is 18.5 Å². The summed E-state index contributed by atoms with van der Waals surface area (Å²) in [5.74, 6) is 0.484. The highest BCUT2D eigenvalue weighted by Gasteiger charge is 2.56. The molecule has 0 heterocycles. The smallest absolute Gasteiger partial charge is 0.192 e. The molecule has 3 rings (SSSR count). The second-order valence-electron chi connectivity index (χ2n) is 12.6. The van der Waals surface area contributed by atoms with Crippen molar-refractivity contribution in [3.05, 3.63) is 47.5 Å². The standard InChI is InChI=1S/C26H44O2Si2/c1-24(2,3)29(7,8)27-19-26-18-14-13-17-22(26)20-15-11-12-16-21(20)23(26)28-30(9,10)25(4,5)6/h11-12,14-16,18,22-23H,13,17,19H2,1-10H3/t22-,23-,26+/m1/s1. The van der Waals surface area contributed by atoms with Crippen LogP contribution in [-0.4, -0.2) is 23.2 Å². The molecule has 0 saturated heterocycles. The van der Waals surface area contributed by atoms with Crippen LogP contribution in [0, 0.1) is 5.41 Å². The molecule has 0 N–H and O–H groups in total. The second-order valence-corrected chi connectivity index (χ2v) is 22.1. The maximum atomic E-state index is 7.24. The van der Waals surface area contributed by atoms with Crippen molar-refractivity contribution in [2.24, 2.45) is 5.41 Å². The van der Waals surface area contributed by atoms with E-state index in [4.69, 9.17) is 8.85 Å². The summed E-state index contributed by atoms with van der Waals surface area (Å²) in [6, 6.07) is 9.04. The third-order valence-electron chi connectivity index (χ3n) is 8.55.